The fourth-order valence-corrected chi connectivity index (χ4v) is 2.82. The lowest BCUT2D eigenvalue weighted by Gasteiger charge is -2.27. The lowest BCUT2D eigenvalue weighted by molar-refractivity contribution is -0.133. The predicted octanol–water partition coefficient (Wildman–Crippen LogP) is 1.59. The number of nitrogens with one attached hydrogen (secondary N) is 1. The van der Waals surface area contributed by atoms with Crippen molar-refractivity contribution in [2.75, 3.05) is 19.7 Å². The highest BCUT2D eigenvalue weighted by atomic mass is 16.3. The maximum atomic E-state index is 12.7. The molecule has 2 N–H and O–H groups in total. The number of likely N-dealkylation sites (tertiary alicyclic amines) is 1. The van der Waals surface area contributed by atoms with Crippen LogP contribution in [0.25, 0.3) is 0 Å². The third-order valence-corrected chi connectivity index (χ3v) is 4.39. The van der Waals surface area contributed by atoms with E-state index in [9.17, 15) is 14.7 Å². The lowest BCUT2D eigenvalue weighted by atomic mass is 10.0. The normalized spacial score (nSPS) is 19.0. The van der Waals surface area contributed by atoms with Crippen molar-refractivity contribution >= 4 is 11.8 Å². The summed E-state index contributed by atoms with van der Waals surface area (Å²) in [5.41, 5.74) is 1.65. The van der Waals surface area contributed by atoms with E-state index in [0.29, 0.717) is 18.7 Å². The van der Waals surface area contributed by atoms with Crippen LogP contribution in [0.15, 0.2) is 24.3 Å². The van der Waals surface area contributed by atoms with Crippen LogP contribution in [-0.4, -0.2) is 47.6 Å². The molecule has 23 heavy (non-hydrogen) atoms. The van der Waals surface area contributed by atoms with Gasteiger partial charge >= 0.3 is 0 Å². The molecule has 0 spiro atoms. The van der Waals surface area contributed by atoms with Crippen molar-refractivity contribution in [3.63, 3.8) is 0 Å². The third-order valence-electron chi connectivity index (χ3n) is 4.39. The number of carbonyl (C=O) groups is 2. The summed E-state index contributed by atoms with van der Waals surface area (Å²) in [6, 6.07) is 6.76. The average molecular weight is 318 g/mol. The van der Waals surface area contributed by atoms with Crippen LogP contribution >= 0.6 is 0 Å². The van der Waals surface area contributed by atoms with E-state index < -0.39 is 6.04 Å². The van der Waals surface area contributed by atoms with Crippen molar-refractivity contribution < 1.29 is 14.7 Å². The molecule has 1 saturated heterocycles. The van der Waals surface area contributed by atoms with Gasteiger partial charge in [0.1, 0.15) is 6.04 Å². The van der Waals surface area contributed by atoms with Gasteiger partial charge in [0.25, 0.3) is 5.91 Å². The van der Waals surface area contributed by atoms with Gasteiger partial charge < -0.3 is 15.3 Å². The number of carbonyl (C=O) groups excluding carboxylic acids is 2. The number of nitrogens with zero attached hydrogens (tertiary/aromatic N) is 1. The lowest BCUT2D eigenvalue weighted by Crippen LogP contribution is -2.50. The molecule has 0 radical (unpaired) electrons. The van der Waals surface area contributed by atoms with E-state index in [0.717, 1.165) is 12.0 Å². The monoisotopic (exact) mass is 318 g/mol. The summed E-state index contributed by atoms with van der Waals surface area (Å²) in [4.78, 5) is 26.8. The molecule has 5 nitrogen and oxygen atoms in total. The van der Waals surface area contributed by atoms with Crippen LogP contribution in [0, 0.1) is 18.8 Å². The summed E-state index contributed by atoms with van der Waals surface area (Å²) in [5.74, 6) is -0.129. The number of hydrogen-bond acceptors (Lipinski definition) is 3. The number of aliphatic hydroxyl groups excluding tert-OH is 1. The van der Waals surface area contributed by atoms with E-state index in [1.165, 1.54) is 0 Å². The first-order valence-electron chi connectivity index (χ1n) is 8.19. The number of benzene rings is 1. The quantitative estimate of drug-likeness (QED) is 0.866. The van der Waals surface area contributed by atoms with Crippen LogP contribution in [0.2, 0.25) is 0 Å². The van der Waals surface area contributed by atoms with Gasteiger partial charge in [0.2, 0.25) is 5.91 Å². The summed E-state index contributed by atoms with van der Waals surface area (Å²) in [5, 5.41) is 12.1. The Kier molecular flexibility index (Phi) is 5.77. The first kappa shape index (κ1) is 17.5. The largest absolute Gasteiger partial charge is 0.396 e. The highest BCUT2D eigenvalue weighted by Gasteiger charge is 2.33. The Bertz CT molecular complexity index is 554. The first-order chi connectivity index (χ1) is 10.9. The molecule has 2 atom stereocenters. The summed E-state index contributed by atoms with van der Waals surface area (Å²) in [6.07, 6.45) is 0.818. The molecule has 1 aliphatic rings. The molecular formula is C18H26N2O3. The molecule has 2 amide bonds. The van der Waals surface area contributed by atoms with Crippen molar-refractivity contribution in [1.82, 2.24) is 10.2 Å². The Morgan fingerprint density at radius 2 is 1.96 bits per heavy atom. The van der Waals surface area contributed by atoms with Crippen LogP contribution in [0.4, 0.5) is 0 Å². The highest BCUT2D eigenvalue weighted by molar-refractivity contribution is 5.97. The summed E-state index contributed by atoms with van der Waals surface area (Å²) in [6.45, 7) is 7.14. The van der Waals surface area contributed by atoms with E-state index >= 15 is 0 Å². The Morgan fingerprint density at radius 3 is 2.48 bits per heavy atom. The molecule has 2 unspecified atom stereocenters. The summed E-state index contributed by atoms with van der Waals surface area (Å²) in [7, 11) is 0. The molecule has 1 aromatic rings. The first-order valence-corrected chi connectivity index (χ1v) is 8.19. The molecule has 1 heterocycles. The van der Waals surface area contributed by atoms with Gasteiger partial charge in [-0.05, 0) is 31.4 Å². The molecule has 0 aromatic heterocycles. The van der Waals surface area contributed by atoms with Gasteiger partial charge in [0.15, 0.2) is 0 Å². The van der Waals surface area contributed by atoms with Crippen LogP contribution in [0.1, 0.15) is 36.2 Å². The zero-order valence-electron chi connectivity index (χ0n) is 14.1. The third kappa shape index (κ3) is 4.32. The van der Waals surface area contributed by atoms with Crippen LogP contribution in [0.3, 0.4) is 0 Å². The minimum Gasteiger partial charge on any atom is -0.396 e. The predicted molar refractivity (Wildman–Crippen MR) is 89.0 cm³/mol. The highest BCUT2D eigenvalue weighted by Crippen LogP contribution is 2.18. The van der Waals surface area contributed by atoms with Crippen molar-refractivity contribution in [2.45, 2.75) is 33.2 Å². The molecule has 2 rings (SSSR count). The molecule has 1 aromatic carbocycles. The van der Waals surface area contributed by atoms with Crippen molar-refractivity contribution in [3.8, 4) is 0 Å². The second-order valence-corrected chi connectivity index (χ2v) is 6.68. The van der Waals surface area contributed by atoms with Gasteiger partial charge in [-0.1, -0.05) is 31.5 Å². The van der Waals surface area contributed by atoms with E-state index in [4.69, 9.17) is 0 Å². The minimum absolute atomic E-state index is 0.00470. The fraction of sp³-hybridized carbons (Fsp3) is 0.556. The van der Waals surface area contributed by atoms with E-state index in [1.54, 1.807) is 17.0 Å². The van der Waals surface area contributed by atoms with Crippen molar-refractivity contribution in [3.05, 3.63) is 35.4 Å². The topological polar surface area (TPSA) is 69.6 Å². The van der Waals surface area contributed by atoms with Gasteiger partial charge in [0, 0.05) is 31.2 Å². The molecule has 1 aliphatic heterocycles. The number of rotatable bonds is 5. The Balaban J connectivity index is 2.05. The van der Waals surface area contributed by atoms with Crippen molar-refractivity contribution in [1.29, 1.82) is 0 Å². The summed E-state index contributed by atoms with van der Waals surface area (Å²) < 4.78 is 0. The second-order valence-electron chi connectivity index (χ2n) is 6.68. The maximum absolute atomic E-state index is 12.7. The average Bonchev–Trinajstić information content (AvgIpc) is 3.01. The van der Waals surface area contributed by atoms with Crippen LogP contribution in [0.5, 0.6) is 0 Å². The number of hydrogen-bond donors (Lipinski definition) is 2. The SMILES string of the molecule is Cc1ccc(C(=O)NC(C(=O)N2CCC(CO)C2)C(C)C)cc1. The summed E-state index contributed by atoms with van der Waals surface area (Å²) >= 11 is 0. The molecular weight excluding hydrogens is 292 g/mol. The molecule has 126 valence electrons. The standard InChI is InChI=1S/C18H26N2O3/c1-12(2)16(18(23)20-9-8-14(10-20)11-21)19-17(22)15-6-4-13(3)5-7-15/h4-7,12,14,16,21H,8-11H2,1-3H3,(H,19,22). The molecule has 1 fully saturated rings. The zero-order valence-corrected chi connectivity index (χ0v) is 14.1. The molecule has 5 heteroatoms. The Labute approximate surface area is 137 Å². The number of amides is 2. The fourth-order valence-electron chi connectivity index (χ4n) is 2.82. The number of aliphatic hydroxyl groups is 1. The van der Waals surface area contributed by atoms with Crippen LogP contribution in [-0.2, 0) is 4.79 Å². The van der Waals surface area contributed by atoms with E-state index in [2.05, 4.69) is 5.32 Å². The van der Waals surface area contributed by atoms with Crippen molar-refractivity contribution in [2.24, 2.45) is 11.8 Å². The minimum atomic E-state index is -0.541. The smallest absolute Gasteiger partial charge is 0.251 e. The maximum Gasteiger partial charge on any atom is 0.251 e. The zero-order chi connectivity index (χ0) is 17.0. The number of aryl methyl sites for hydroxylation is 1. The van der Waals surface area contributed by atoms with Gasteiger partial charge in [-0.2, -0.15) is 0 Å². The van der Waals surface area contributed by atoms with Gasteiger partial charge in [0.05, 0.1) is 0 Å². The second kappa shape index (κ2) is 7.59. The van der Waals surface area contributed by atoms with E-state index in [1.807, 2.05) is 32.9 Å². The molecule has 0 saturated carbocycles. The van der Waals surface area contributed by atoms with Crippen LogP contribution < -0.4 is 5.32 Å². The van der Waals surface area contributed by atoms with E-state index in [-0.39, 0.29) is 30.3 Å². The molecule has 0 aliphatic carbocycles. The molecule has 0 bridgehead atoms. The Morgan fingerprint density at radius 1 is 1.30 bits per heavy atom. The van der Waals surface area contributed by atoms with Gasteiger partial charge in [-0.3, -0.25) is 9.59 Å². The van der Waals surface area contributed by atoms with Gasteiger partial charge in [-0.15, -0.1) is 0 Å². The Hall–Kier alpha value is -1.88. The van der Waals surface area contributed by atoms with Gasteiger partial charge in [-0.25, -0.2) is 0 Å².